The first-order valence-electron chi connectivity index (χ1n) is 2.53. The number of carbonyl (C=O) groups excluding carboxylic acids is 1. The summed E-state index contributed by atoms with van der Waals surface area (Å²) in [5, 5.41) is 0. The van der Waals surface area contributed by atoms with Crippen molar-refractivity contribution in [2.45, 2.75) is 6.04 Å². The topological polar surface area (TPSA) is 71.8 Å². The van der Waals surface area contributed by atoms with Gasteiger partial charge in [0.05, 0.1) is 12.0 Å². The second-order valence-electron chi connectivity index (χ2n) is 1.67. The molecule has 0 aromatic carbocycles. The average Bonchev–Trinajstić information content (AvgIpc) is 2.37. The molecular formula is C5H7N3O. The summed E-state index contributed by atoms with van der Waals surface area (Å²) in [6, 6.07) is -0.563. The van der Waals surface area contributed by atoms with Crippen LogP contribution < -0.4 is 5.73 Å². The third-order valence-electron chi connectivity index (χ3n) is 1.03. The number of hydrogen-bond donors (Lipinski definition) is 2. The van der Waals surface area contributed by atoms with Gasteiger partial charge in [-0.15, -0.1) is 0 Å². The number of nitrogens with one attached hydrogen (secondary N) is 1. The summed E-state index contributed by atoms with van der Waals surface area (Å²) in [7, 11) is 0. The van der Waals surface area contributed by atoms with Crippen LogP contribution in [-0.2, 0) is 4.79 Å². The molecule has 0 fully saturated rings. The van der Waals surface area contributed by atoms with Crippen molar-refractivity contribution in [3.63, 3.8) is 0 Å². The number of rotatable bonds is 2. The van der Waals surface area contributed by atoms with Gasteiger partial charge in [0.2, 0.25) is 0 Å². The van der Waals surface area contributed by atoms with E-state index in [9.17, 15) is 4.79 Å². The molecule has 4 nitrogen and oxygen atoms in total. The molecule has 1 aromatic rings. The third kappa shape index (κ3) is 1.14. The summed E-state index contributed by atoms with van der Waals surface area (Å²) in [5.74, 6) is 0. The maximum absolute atomic E-state index is 10.0. The first-order chi connectivity index (χ1) is 4.34. The summed E-state index contributed by atoms with van der Waals surface area (Å²) < 4.78 is 0. The normalized spacial score (nSPS) is 13.0. The molecule has 0 aliphatic rings. The van der Waals surface area contributed by atoms with Crippen molar-refractivity contribution >= 4 is 6.29 Å². The molecule has 1 heterocycles. The lowest BCUT2D eigenvalue weighted by molar-refractivity contribution is -0.109. The van der Waals surface area contributed by atoms with E-state index in [0.717, 1.165) is 0 Å². The Kier molecular flexibility index (Phi) is 1.60. The molecule has 0 radical (unpaired) electrons. The number of imidazole rings is 1. The Hall–Kier alpha value is -1.16. The number of aromatic amines is 1. The lowest BCUT2D eigenvalue weighted by Gasteiger charge is -1.95. The molecule has 0 bridgehead atoms. The monoisotopic (exact) mass is 125 g/mol. The van der Waals surface area contributed by atoms with Crippen molar-refractivity contribution in [1.82, 2.24) is 9.97 Å². The summed E-state index contributed by atoms with van der Waals surface area (Å²) in [6.07, 6.45) is 3.67. The third-order valence-corrected chi connectivity index (χ3v) is 1.03. The van der Waals surface area contributed by atoms with Gasteiger partial charge in [0, 0.05) is 6.20 Å². The molecule has 48 valence electrons. The first kappa shape index (κ1) is 5.97. The minimum Gasteiger partial charge on any atom is -0.347 e. The lowest BCUT2D eigenvalue weighted by Crippen LogP contribution is -2.11. The molecule has 0 aliphatic heterocycles. The minimum absolute atomic E-state index is 0.563. The van der Waals surface area contributed by atoms with Crippen LogP contribution in [0.15, 0.2) is 12.5 Å². The van der Waals surface area contributed by atoms with E-state index in [1.165, 1.54) is 12.5 Å². The van der Waals surface area contributed by atoms with Crippen LogP contribution in [0.3, 0.4) is 0 Å². The van der Waals surface area contributed by atoms with Crippen LogP contribution in [0.5, 0.6) is 0 Å². The summed E-state index contributed by atoms with van der Waals surface area (Å²) in [6.45, 7) is 0. The molecule has 0 aliphatic carbocycles. The van der Waals surface area contributed by atoms with Crippen LogP contribution in [0.4, 0.5) is 0 Å². The van der Waals surface area contributed by atoms with Crippen LogP contribution in [-0.4, -0.2) is 16.3 Å². The summed E-state index contributed by atoms with van der Waals surface area (Å²) >= 11 is 0. The van der Waals surface area contributed by atoms with Crippen LogP contribution in [0.2, 0.25) is 0 Å². The number of nitrogens with two attached hydrogens (primary N) is 1. The fraction of sp³-hybridized carbons (Fsp3) is 0.200. The molecule has 1 aromatic heterocycles. The van der Waals surface area contributed by atoms with Gasteiger partial charge in [-0.2, -0.15) is 0 Å². The molecule has 9 heavy (non-hydrogen) atoms. The largest absolute Gasteiger partial charge is 0.347 e. The Morgan fingerprint density at radius 1 is 1.89 bits per heavy atom. The number of hydrogen-bond acceptors (Lipinski definition) is 3. The highest BCUT2D eigenvalue weighted by molar-refractivity contribution is 5.59. The van der Waals surface area contributed by atoms with Crippen molar-refractivity contribution in [2.24, 2.45) is 5.73 Å². The van der Waals surface area contributed by atoms with Crippen LogP contribution in [0.1, 0.15) is 11.7 Å². The molecule has 3 N–H and O–H groups in total. The Morgan fingerprint density at radius 2 is 2.67 bits per heavy atom. The molecule has 0 amide bonds. The number of carbonyl (C=O) groups is 1. The van der Waals surface area contributed by atoms with Gasteiger partial charge in [0.15, 0.2) is 0 Å². The molecule has 1 rings (SSSR count). The lowest BCUT2D eigenvalue weighted by atomic mass is 10.3. The summed E-state index contributed by atoms with van der Waals surface area (Å²) in [5.41, 5.74) is 5.94. The van der Waals surface area contributed by atoms with Crippen molar-refractivity contribution in [3.8, 4) is 0 Å². The van der Waals surface area contributed by atoms with Gasteiger partial charge in [-0.3, -0.25) is 0 Å². The van der Waals surface area contributed by atoms with Crippen LogP contribution in [0.25, 0.3) is 0 Å². The molecule has 0 saturated carbocycles. The van der Waals surface area contributed by atoms with Gasteiger partial charge in [0.25, 0.3) is 0 Å². The second kappa shape index (κ2) is 2.41. The predicted molar refractivity (Wildman–Crippen MR) is 31.6 cm³/mol. The van der Waals surface area contributed by atoms with Gasteiger partial charge in [-0.25, -0.2) is 4.98 Å². The minimum atomic E-state index is -0.563. The average molecular weight is 125 g/mol. The number of aldehydes is 1. The molecule has 0 saturated heterocycles. The van der Waals surface area contributed by atoms with E-state index in [-0.39, 0.29) is 0 Å². The van der Waals surface area contributed by atoms with E-state index in [1.807, 2.05) is 0 Å². The predicted octanol–water partition coefficient (Wildman–Crippen LogP) is -0.392. The number of nitrogens with zero attached hydrogens (tertiary/aromatic N) is 1. The van der Waals surface area contributed by atoms with Crippen molar-refractivity contribution in [2.75, 3.05) is 0 Å². The molecular weight excluding hydrogens is 118 g/mol. The Bertz CT molecular complexity index is 182. The SMILES string of the molecule is NC(C=O)c1cnc[nH]1. The quantitative estimate of drug-likeness (QED) is 0.528. The van der Waals surface area contributed by atoms with E-state index in [2.05, 4.69) is 9.97 Å². The van der Waals surface area contributed by atoms with E-state index < -0.39 is 6.04 Å². The smallest absolute Gasteiger partial charge is 0.142 e. The maximum Gasteiger partial charge on any atom is 0.142 e. The van der Waals surface area contributed by atoms with Crippen molar-refractivity contribution < 1.29 is 4.79 Å². The molecule has 0 spiro atoms. The van der Waals surface area contributed by atoms with Crippen molar-refractivity contribution in [3.05, 3.63) is 18.2 Å². The number of aromatic nitrogens is 2. The molecule has 1 atom stereocenters. The molecule has 4 heteroatoms. The Balaban J connectivity index is 2.76. The van der Waals surface area contributed by atoms with Crippen LogP contribution >= 0.6 is 0 Å². The van der Waals surface area contributed by atoms with Crippen LogP contribution in [0, 0.1) is 0 Å². The highest BCUT2D eigenvalue weighted by atomic mass is 16.1. The Labute approximate surface area is 52.1 Å². The summed E-state index contributed by atoms with van der Waals surface area (Å²) in [4.78, 5) is 16.4. The standard InChI is InChI=1S/C5H7N3O/c6-4(2-9)5-1-7-3-8-5/h1-4H,6H2,(H,7,8). The van der Waals surface area contributed by atoms with Gasteiger partial charge in [-0.05, 0) is 0 Å². The van der Waals surface area contributed by atoms with Crippen molar-refractivity contribution in [1.29, 1.82) is 0 Å². The second-order valence-corrected chi connectivity index (χ2v) is 1.67. The first-order valence-corrected chi connectivity index (χ1v) is 2.53. The number of H-pyrrole nitrogens is 1. The van der Waals surface area contributed by atoms with Gasteiger partial charge in [0.1, 0.15) is 12.3 Å². The zero-order valence-electron chi connectivity index (χ0n) is 4.74. The van der Waals surface area contributed by atoms with E-state index in [1.54, 1.807) is 0 Å². The molecule has 1 unspecified atom stereocenters. The Morgan fingerprint density at radius 3 is 3.11 bits per heavy atom. The van der Waals surface area contributed by atoms with Gasteiger partial charge in [-0.1, -0.05) is 0 Å². The maximum atomic E-state index is 10.0. The van der Waals surface area contributed by atoms with E-state index in [0.29, 0.717) is 12.0 Å². The fourth-order valence-electron chi connectivity index (χ4n) is 0.522. The van der Waals surface area contributed by atoms with E-state index in [4.69, 9.17) is 5.73 Å². The highest BCUT2D eigenvalue weighted by Crippen LogP contribution is 1.99. The zero-order chi connectivity index (χ0) is 6.69. The van der Waals surface area contributed by atoms with E-state index >= 15 is 0 Å². The zero-order valence-corrected chi connectivity index (χ0v) is 4.74. The fourth-order valence-corrected chi connectivity index (χ4v) is 0.522. The van der Waals surface area contributed by atoms with Gasteiger partial charge < -0.3 is 15.5 Å². The highest BCUT2D eigenvalue weighted by Gasteiger charge is 2.02. The van der Waals surface area contributed by atoms with Gasteiger partial charge >= 0.3 is 0 Å².